The van der Waals surface area contributed by atoms with E-state index in [0.717, 1.165) is 36.4 Å². The topological polar surface area (TPSA) is 32.3 Å². The highest BCUT2D eigenvalue weighted by Crippen LogP contribution is 2.40. The Morgan fingerprint density at radius 1 is 1.00 bits per heavy atom. The Balaban J connectivity index is 1.48. The van der Waals surface area contributed by atoms with E-state index >= 15 is 0 Å². The monoisotopic (exact) mass is 360 g/mol. The molecule has 2 aromatic carbocycles. The second kappa shape index (κ2) is 6.38. The number of carbonyl (C=O) groups is 1. The van der Waals surface area contributed by atoms with Crippen LogP contribution in [0.4, 0.5) is 5.69 Å². The van der Waals surface area contributed by atoms with E-state index in [4.69, 9.17) is 0 Å². The average molecular weight is 360 g/mol. The molecule has 2 aliphatic heterocycles. The molecule has 2 aliphatic rings. The van der Waals surface area contributed by atoms with Crippen LogP contribution in [-0.2, 0) is 0 Å². The van der Waals surface area contributed by atoms with Crippen LogP contribution in [-0.4, -0.2) is 25.5 Å². The van der Waals surface area contributed by atoms with Crippen molar-refractivity contribution in [2.75, 3.05) is 24.5 Å². The Labute approximate surface area is 157 Å². The zero-order valence-corrected chi connectivity index (χ0v) is 15.2. The molecule has 0 bridgehead atoms. The smallest absolute Gasteiger partial charge is 0.258 e. The van der Waals surface area contributed by atoms with Gasteiger partial charge in [-0.25, -0.2) is 0 Å². The molecule has 3 nitrogen and oxygen atoms in total. The molecular formula is C22H20N2OS. The first-order valence-corrected chi connectivity index (χ1v) is 9.94. The molecular weight excluding hydrogens is 340 g/mol. The van der Waals surface area contributed by atoms with E-state index in [1.165, 1.54) is 10.4 Å². The third-order valence-electron chi connectivity index (χ3n) is 5.57. The Morgan fingerprint density at radius 2 is 1.85 bits per heavy atom. The Kier molecular flexibility index (Phi) is 3.88. The summed E-state index contributed by atoms with van der Waals surface area (Å²) in [5, 5.41) is 5.57. The minimum absolute atomic E-state index is 0.0977. The molecule has 26 heavy (non-hydrogen) atoms. The summed E-state index contributed by atoms with van der Waals surface area (Å²) >= 11 is 1.72. The van der Waals surface area contributed by atoms with Gasteiger partial charge in [0.2, 0.25) is 0 Å². The van der Waals surface area contributed by atoms with Crippen molar-refractivity contribution >= 4 is 22.9 Å². The van der Waals surface area contributed by atoms with E-state index in [2.05, 4.69) is 53.2 Å². The van der Waals surface area contributed by atoms with Gasteiger partial charge in [0.1, 0.15) is 0 Å². The largest absolute Gasteiger partial charge is 0.316 e. The van der Waals surface area contributed by atoms with Crippen molar-refractivity contribution in [3.05, 3.63) is 77.2 Å². The van der Waals surface area contributed by atoms with Crippen LogP contribution in [0.5, 0.6) is 0 Å². The molecule has 0 unspecified atom stereocenters. The standard InChI is InChI=1S/C22H20N2OS/c25-22(16-9-7-15(8-10-16)21-6-3-11-26-21)24-14-17-12-23-13-19(17)18-4-1-2-5-20(18)24/h1-11,17,19,23H,12-14H2/t17-,19-/m0/s1. The first-order valence-electron chi connectivity index (χ1n) is 9.07. The summed E-state index contributed by atoms with van der Waals surface area (Å²) in [5.41, 5.74) is 4.29. The van der Waals surface area contributed by atoms with Gasteiger partial charge in [0.05, 0.1) is 0 Å². The molecule has 1 fully saturated rings. The quantitative estimate of drug-likeness (QED) is 0.736. The molecule has 2 atom stereocenters. The fourth-order valence-electron chi connectivity index (χ4n) is 4.24. The van der Waals surface area contributed by atoms with Gasteiger partial charge in [-0.3, -0.25) is 4.79 Å². The maximum atomic E-state index is 13.3. The van der Waals surface area contributed by atoms with Gasteiger partial charge < -0.3 is 10.2 Å². The van der Waals surface area contributed by atoms with Crippen molar-refractivity contribution in [3.63, 3.8) is 0 Å². The van der Waals surface area contributed by atoms with E-state index in [9.17, 15) is 4.79 Å². The Hall–Kier alpha value is -2.43. The summed E-state index contributed by atoms with van der Waals surface area (Å²) in [5.74, 6) is 1.12. The third kappa shape index (κ3) is 2.57. The van der Waals surface area contributed by atoms with E-state index in [0.29, 0.717) is 11.8 Å². The summed E-state index contributed by atoms with van der Waals surface area (Å²) in [4.78, 5) is 16.5. The number of hydrogen-bond acceptors (Lipinski definition) is 3. The maximum absolute atomic E-state index is 13.3. The molecule has 1 saturated heterocycles. The van der Waals surface area contributed by atoms with E-state index in [1.807, 2.05) is 23.1 Å². The van der Waals surface area contributed by atoms with Crippen LogP contribution in [0, 0.1) is 5.92 Å². The molecule has 1 N–H and O–H groups in total. The van der Waals surface area contributed by atoms with Gasteiger partial charge in [0.15, 0.2) is 0 Å². The zero-order valence-electron chi connectivity index (χ0n) is 14.4. The number of nitrogens with zero attached hydrogens (tertiary/aromatic N) is 1. The van der Waals surface area contributed by atoms with Gasteiger partial charge >= 0.3 is 0 Å². The van der Waals surface area contributed by atoms with Crippen molar-refractivity contribution < 1.29 is 4.79 Å². The first-order chi connectivity index (χ1) is 12.8. The van der Waals surface area contributed by atoms with Gasteiger partial charge in [0, 0.05) is 41.7 Å². The molecule has 130 valence electrons. The normalized spacial score (nSPS) is 21.3. The summed E-state index contributed by atoms with van der Waals surface area (Å²) < 4.78 is 0. The summed E-state index contributed by atoms with van der Waals surface area (Å²) in [6.07, 6.45) is 0. The third-order valence-corrected chi connectivity index (χ3v) is 6.49. The van der Waals surface area contributed by atoms with Crippen LogP contribution < -0.4 is 10.2 Å². The van der Waals surface area contributed by atoms with Crippen molar-refractivity contribution in [1.82, 2.24) is 5.32 Å². The lowest BCUT2D eigenvalue weighted by Gasteiger charge is -2.36. The fourth-order valence-corrected chi connectivity index (χ4v) is 4.97. The lowest BCUT2D eigenvalue weighted by atomic mass is 9.83. The van der Waals surface area contributed by atoms with E-state index in [-0.39, 0.29) is 5.91 Å². The van der Waals surface area contributed by atoms with Crippen LogP contribution in [0.3, 0.4) is 0 Å². The lowest BCUT2D eigenvalue weighted by Crippen LogP contribution is -2.41. The van der Waals surface area contributed by atoms with Crippen molar-refractivity contribution in [2.24, 2.45) is 5.92 Å². The molecule has 3 aromatic rings. The van der Waals surface area contributed by atoms with Gasteiger partial charge in [-0.15, -0.1) is 11.3 Å². The number of anilines is 1. The number of nitrogens with one attached hydrogen (secondary N) is 1. The Bertz CT molecular complexity index is 933. The molecule has 0 spiro atoms. The number of amides is 1. The molecule has 5 rings (SSSR count). The van der Waals surface area contributed by atoms with Gasteiger partial charge in [-0.1, -0.05) is 36.4 Å². The van der Waals surface area contributed by atoms with Crippen molar-refractivity contribution in [1.29, 1.82) is 0 Å². The zero-order chi connectivity index (χ0) is 17.5. The SMILES string of the molecule is O=C(c1ccc(-c2cccs2)cc1)N1C[C@@H]2CNC[C@@H]2c2ccccc21. The molecule has 0 aliphatic carbocycles. The summed E-state index contributed by atoms with van der Waals surface area (Å²) in [6.45, 7) is 2.79. The predicted molar refractivity (Wildman–Crippen MR) is 107 cm³/mol. The minimum Gasteiger partial charge on any atom is -0.316 e. The van der Waals surface area contributed by atoms with Crippen molar-refractivity contribution in [2.45, 2.75) is 5.92 Å². The summed E-state index contributed by atoms with van der Waals surface area (Å²) in [6, 6.07) is 20.5. The van der Waals surface area contributed by atoms with Crippen LogP contribution in [0.15, 0.2) is 66.0 Å². The average Bonchev–Trinajstić information content (AvgIpc) is 3.39. The molecule has 0 radical (unpaired) electrons. The Morgan fingerprint density at radius 3 is 2.65 bits per heavy atom. The number of carbonyl (C=O) groups excluding carboxylic acids is 1. The summed E-state index contributed by atoms with van der Waals surface area (Å²) in [7, 11) is 0. The van der Waals surface area contributed by atoms with Crippen LogP contribution >= 0.6 is 11.3 Å². The van der Waals surface area contributed by atoms with Gasteiger partial charge in [0.25, 0.3) is 5.91 Å². The fraction of sp³-hybridized carbons (Fsp3) is 0.227. The second-order valence-corrected chi connectivity index (χ2v) is 8.00. The number of benzene rings is 2. The van der Waals surface area contributed by atoms with E-state index < -0.39 is 0 Å². The van der Waals surface area contributed by atoms with Crippen LogP contribution in [0.2, 0.25) is 0 Å². The second-order valence-electron chi connectivity index (χ2n) is 7.05. The van der Waals surface area contributed by atoms with Crippen LogP contribution in [0.1, 0.15) is 21.8 Å². The highest BCUT2D eigenvalue weighted by molar-refractivity contribution is 7.13. The number of rotatable bonds is 2. The number of hydrogen-bond donors (Lipinski definition) is 1. The van der Waals surface area contributed by atoms with Crippen LogP contribution in [0.25, 0.3) is 10.4 Å². The molecule has 1 amide bonds. The van der Waals surface area contributed by atoms with Gasteiger partial charge in [-0.2, -0.15) is 0 Å². The molecule has 4 heteroatoms. The van der Waals surface area contributed by atoms with E-state index in [1.54, 1.807) is 11.3 Å². The minimum atomic E-state index is 0.0977. The first kappa shape index (κ1) is 15.8. The molecule has 0 saturated carbocycles. The lowest BCUT2D eigenvalue weighted by molar-refractivity contribution is 0.0980. The molecule has 3 heterocycles. The van der Waals surface area contributed by atoms with Gasteiger partial charge in [-0.05, 0) is 46.7 Å². The predicted octanol–water partition coefficient (Wildman–Crippen LogP) is 4.38. The number of fused-ring (bicyclic) bond motifs is 3. The number of thiophene rings is 1. The highest BCUT2D eigenvalue weighted by Gasteiger charge is 2.38. The maximum Gasteiger partial charge on any atom is 0.258 e. The van der Waals surface area contributed by atoms with Crippen molar-refractivity contribution in [3.8, 4) is 10.4 Å². The number of para-hydroxylation sites is 1. The highest BCUT2D eigenvalue weighted by atomic mass is 32.1. The molecule has 1 aromatic heterocycles.